The van der Waals surface area contributed by atoms with Crippen molar-refractivity contribution in [1.29, 1.82) is 0 Å². The lowest BCUT2D eigenvalue weighted by Gasteiger charge is -2.50. The predicted molar refractivity (Wildman–Crippen MR) is 85.1 cm³/mol. The maximum Gasteiger partial charge on any atom is 0.273 e. The first-order valence-electron chi connectivity index (χ1n) is 8.01. The third-order valence-electron chi connectivity index (χ3n) is 4.63. The van der Waals surface area contributed by atoms with Crippen LogP contribution in [0.25, 0.3) is 0 Å². The molecule has 22 heavy (non-hydrogen) atoms. The van der Waals surface area contributed by atoms with E-state index >= 15 is 0 Å². The van der Waals surface area contributed by atoms with Gasteiger partial charge in [0.25, 0.3) is 5.91 Å². The van der Waals surface area contributed by atoms with E-state index < -0.39 is 0 Å². The topological polar surface area (TPSA) is 51.7 Å². The minimum atomic E-state index is -0.0630. The van der Waals surface area contributed by atoms with Crippen LogP contribution in [0.15, 0.2) is 10.9 Å². The summed E-state index contributed by atoms with van der Waals surface area (Å²) in [6.07, 6.45) is 3.39. The van der Waals surface area contributed by atoms with E-state index in [-0.39, 0.29) is 23.5 Å². The highest BCUT2D eigenvalue weighted by Gasteiger charge is 2.47. The van der Waals surface area contributed by atoms with Crippen molar-refractivity contribution in [2.24, 2.45) is 5.41 Å². The minimum Gasteiger partial charge on any atom is -0.378 e. The molecule has 1 aromatic rings. The van der Waals surface area contributed by atoms with Crippen LogP contribution in [0.4, 0.5) is 0 Å². The average molecular weight is 324 g/mol. The Morgan fingerprint density at radius 2 is 2.50 bits per heavy atom. The van der Waals surface area contributed by atoms with Gasteiger partial charge in [-0.25, -0.2) is 4.98 Å². The van der Waals surface area contributed by atoms with E-state index in [2.05, 4.69) is 18.8 Å². The summed E-state index contributed by atoms with van der Waals surface area (Å²) >= 11 is 1.46. The van der Waals surface area contributed by atoms with Crippen molar-refractivity contribution in [3.63, 3.8) is 0 Å². The summed E-state index contributed by atoms with van der Waals surface area (Å²) < 4.78 is 11.9. The van der Waals surface area contributed by atoms with Crippen molar-refractivity contribution in [2.45, 2.75) is 45.3 Å². The number of hydrogen-bond acceptors (Lipinski definition) is 5. The number of thiazole rings is 1. The van der Waals surface area contributed by atoms with Crippen LogP contribution < -0.4 is 0 Å². The Kier molecular flexibility index (Phi) is 4.80. The summed E-state index contributed by atoms with van der Waals surface area (Å²) in [5.41, 5.74) is 2.20. The average Bonchev–Trinajstić information content (AvgIpc) is 3.06. The summed E-state index contributed by atoms with van der Waals surface area (Å²) in [6.45, 7) is 7.04. The number of amides is 1. The molecule has 1 amide bonds. The molecule has 0 bridgehead atoms. The molecule has 0 spiro atoms. The Labute approximate surface area is 135 Å². The summed E-state index contributed by atoms with van der Waals surface area (Å²) in [5, 5.41) is 1.82. The summed E-state index contributed by atoms with van der Waals surface area (Å²) in [4.78, 5) is 18.7. The van der Waals surface area contributed by atoms with Gasteiger partial charge in [0.15, 0.2) is 0 Å². The second-order valence-electron chi connectivity index (χ2n) is 6.57. The second kappa shape index (κ2) is 6.64. The van der Waals surface area contributed by atoms with Crippen LogP contribution in [-0.2, 0) is 9.47 Å². The van der Waals surface area contributed by atoms with E-state index in [1.165, 1.54) is 11.3 Å². The monoisotopic (exact) mass is 324 g/mol. The SMILES string of the molecule is CC(C)OCC12CCCOC1CCN(C(=O)c1cscn1)C2. The quantitative estimate of drug-likeness (QED) is 0.854. The van der Waals surface area contributed by atoms with Gasteiger partial charge in [0, 0.05) is 30.5 Å². The van der Waals surface area contributed by atoms with Crippen LogP contribution in [0.1, 0.15) is 43.6 Å². The maximum atomic E-state index is 12.6. The van der Waals surface area contributed by atoms with Gasteiger partial charge in [-0.1, -0.05) is 0 Å². The van der Waals surface area contributed by atoms with E-state index in [0.29, 0.717) is 18.8 Å². The number of aromatic nitrogens is 1. The van der Waals surface area contributed by atoms with Crippen molar-refractivity contribution in [1.82, 2.24) is 9.88 Å². The van der Waals surface area contributed by atoms with Gasteiger partial charge in [-0.2, -0.15) is 0 Å². The molecule has 2 unspecified atom stereocenters. The number of hydrogen-bond donors (Lipinski definition) is 0. The molecule has 3 rings (SSSR count). The van der Waals surface area contributed by atoms with E-state index in [9.17, 15) is 4.79 Å². The number of likely N-dealkylation sites (tertiary alicyclic amines) is 1. The molecule has 0 aliphatic carbocycles. The molecule has 2 saturated heterocycles. The molecule has 0 N–H and O–H groups in total. The largest absolute Gasteiger partial charge is 0.378 e. The molecule has 0 saturated carbocycles. The van der Waals surface area contributed by atoms with Crippen molar-refractivity contribution in [3.8, 4) is 0 Å². The molecule has 2 aliphatic rings. The zero-order valence-corrected chi connectivity index (χ0v) is 14.1. The molecule has 0 radical (unpaired) electrons. The van der Waals surface area contributed by atoms with E-state index in [4.69, 9.17) is 9.47 Å². The number of nitrogens with zero attached hydrogens (tertiary/aromatic N) is 2. The van der Waals surface area contributed by atoms with E-state index in [1.54, 1.807) is 5.51 Å². The Hall–Kier alpha value is -0.980. The van der Waals surface area contributed by atoms with Crippen LogP contribution in [0, 0.1) is 5.41 Å². The number of rotatable bonds is 4. The van der Waals surface area contributed by atoms with E-state index in [1.807, 2.05) is 10.3 Å². The lowest BCUT2D eigenvalue weighted by Crippen LogP contribution is -2.58. The van der Waals surface area contributed by atoms with Crippen LogP contribution in [0.2, 0.25) is 0 Å². The van der Waals surface area contributed by atoms with Gasteiger partial charge in [0.05, 0.1) is 24.3 Å². The molecule has 2 fully saturated rings. The Morgan fingerprint density at radius 3 is 3.23 bits per heavy atom. The van der Waals surface area contributed by atoms with Crippen molar-refractivity contribution >= 4 is 17.2 Å². The van der Waals surface area contributed by atoms with Gasteiger partial charge in [0.2, 0.25) is 0 Å². The van der Waals surface area contributed by atoms with Crippen LogP contribution in [-0.4, -0.2) is 54.3 Å². The first-order chi connectivity index (χ1) is 10.6. The third-order valence-corrected chi connectivity index (χ3v) is 5.22. The first kappa shape index (κ1) is 15.9. The molecule has 6 heteroatoms. The van der Waals surface area contributed by atoms with Gasteiger partial charge in [-0.05, 0) is 33.1 Å². The molecule has 2 aliphatic heterocycles. The zero-order chi connectivity index (χ0) is 15.6. The van der Waals surface area contributed by atoms with Crippen LogP contribution in [0.3, 0.4) is 0 Å². The van der Waals surface area contributed by atoms with Gasteiger partial charge in [-0.3, -0.25) is 4.79 Å². The van der Waals surface area contributed by atoms with Crippen molar-refractivity contribution in [2.75, 3.05) is 26.3 Å². The molecular weight excluding hydrogens is 300 g/mol. The molecular formula is C16H24N2O3S. The number of piperidine rings is 1. The van der Waals surface area contributed by atoms with Gasteiger partial charge in [0.1, 0.15) is 5.69 Å². The number of carbonyl (C=O) groups excluding carboxylic acids is 1. The van der Waals surface area contributed by atoms with Crippen molar-refractivity contribution < 1.29 is 14.3 Å². The minimum absolute atomic E-state index is 0.0363. The third kappa shape index (κ3) is 3.19. The predicted octanol–water partition coefficient (Wildman–Crippen LogP) is 2.58. The molecule has 0 aromatic carbocycles. The fraction of sp³-hybridized carbons (Fsp3) is 0.750. The van der Waals surface area contributed by atoms with Gasteiger partial charge >= 0.3 is 0 Å². The smallest absolute Gasteiger partial charge is 0.273 e. The second-order valence-corrected chi connectivity index (χ2v) is 7.29. The Balaban J connectivity index is 1.75. The molecule has 1 aromatic heterocycles. The number of fused-ring (bicyclic) bond motifs is 1. The van der Waals surface area contributed by atoms with E-state index in [0.717, 1.165) is 32.4 Å². The van der Waals surface area contributed by atoms with Crippen molar-refractivity contribution in [3.05, 3.63) is 16.6 Å². The summed E-state index contributed by atoms with van der Waals surface area (Å²) in [5.74, 6) is 0.0363. The molecule has 3 heterocycles. The maximum absolute atomic E-state index is 12.6. The fourth-order valence-electron chi connectivity index (χ4n) is 3.49. The van der Waals surface area contributed by atoms with Crippen LogP contribution in [0.5, 0.6) is 0 Å². The molecule has 2 atom stereocenters. The Bertz CT molecular complexity index is 505. The number of ether oxygens (including phenoxy) is 2. The zero-order valence-electron chi connectivity index (χ0n) is 13.3. The highest BCUT2D eigenvalue weighted by molar-refractivity contribution is 7.07. The highest BCUT2D eigenvalue weighted by Crippen LogP contribution is 2.41. The van der Waals surface area contributed by atoms with Gasteiger partial charge < -0.3 is 14.4 Å². The molecule has 122 valence electrons. The summed E-state index contributed by atoms with van der Waals surface area (Å²) in [7, 11) is 0. The molecule has 5 nitrogen and oxygen atoms in total. The Morgan fingerprint density at radius 1 is 1.64 bits per heavy atom. The lowest BCUT2D eigenvalue weighted by atomic mass is 9.73. The normalized spacial score (nSPS) is 28.7. The lowest BCUT2D eigenvalue weighted by molar-refractivity contribution is -0.152. The van der Waals surface area contributed by atoms with Gasteiger partial charge in [-0.15, -0.1) is 11.3 Å². The fourth-order valence-corrected chi connectivity index (χ4v) is 4.01. The standard InChI is InChI=1S/C16H24N2O3S/c1-12(2)21-10-16-5-3-7-20-14(16)4-6-18(9-16)15(19)13-8-22-11-17-13/h8,11-12,14H,3-7,9-10H2,1-2H3. The first-order valence-corrected chi connectivity index (χ1v) is 8.96. The number of carbonyl (C=O) groups is 1. The van der Waals surface area contributed by atoms with Crippen LogP contribution >= 0.6 is 11.3 Å². The highest BCUT2D eigenvalue weighted by atomic mass is 32.1. The summed E-state index contributed by atoms with van der Waals surface area (Å²) in [6, 6.07) is 0.